The molecule has 0 spiro atoms. The number of nitrogens with zero attached hydrogens (tertiary/aromatic N) is 2. The molecule has 94 valence electrons. The molecule has 0 amide bonds. The molecule has 1 fully saturated rings. The average Bonchev–Trinajstić information content (AvgIpc) is 2.39. The van der Waals surface area contributed by atoms with Crippen molar-refractivity contribution in [3.8, 4) is 0 Å². The van der Waals surface area contributed by atoms with E-state index in [0.29, 0.717) is 6.54 Å². The van der Waals surface area contributed by atoms with Gasteiger partial charge in [-0.25, -0.2) is 4.98 Å². The summed E-state index contributed by atoms with van der Waals surface area (Å²) < 4.78 is 0. The molecule has 1 aliphatic rings. The summed E-state index contributed by atoms with van der Waals surface area (Å²) in [6, 6.07) is 4.05. The van der Waals surface area contributed by atoms with E-state index in [-0.39, 0.29) is 0 Å². The van der Waals surface area contributed by atoms with Crippen LogP contribution in [0, 0.1) is 11.8 Å². The number of pyridine rings is 1. The average molecular weight is 233 g/mol. The summed E-state index contributed by atoms with van der Waals surface area (Å²) >= 11 is 0. The molecule has 3 heteroatoms. The van der Waals surface area contributed by atoms with Gasteiger partial charge in [0.1, 0.15) is 5.82 Å². The van der Waals surface area contributed by atoms with E-state index in [2.05, 4.69) is 29.8 Å². The number of anilines is 1. The van der Waals surface area contributed by atoms with Crippen LogP contribution in [0.4, 0.5) is 5.82 Å². The highest BCUT2D eigenvalue weighted by Crippen LogP contribution is 2.28. The Morgan fingerprint density at radius 1 is 1.41 bits per heavy atom. The van der Waals surface area contributed by atoms with E-state index in [4.69, 9.17) is 5.73 Å². The van der Waals surface area contributed by atoms with Crippen LogP contribution in [0.25, 0.3) is 0 Å². The van der Waals surface area contributed by atoms with Crippen LogP contribution in [-0.4, -0.2) is 18.1 Å². The van der Waals surface area contributed by atoms with E-state index in [0.717, 1.165) is 36.3 Å². The van der Waals surface area contributed by atoms with Crippen LogP contribution in [0.5, 0.6) is 0 Å². The van der Waals surface area contributed by atoms with E-state index < -0.39 is 0 Å². The van der Waals surface area contributed by atoms with Gasteiger partial charge in [0.25, 0.3) is 0 Å². The second-order valence-corrected chi connectivity index (χ2v) is 5.26. The molecule has 0 aromatic carbocycles. The Morgan fingerprint density at radius 2 is 2.12 bits per heavy atom. The molecule has 2 heterocycles. The lowest BCUT2D eigenvalue weighted by atomic mass is 9.86. The Balaban J connectivity index is 2.05. The number of hydrogen-bond donors (Lipinski definition) is 1. The summed E-state index contributed by atoms with van der Waals surface area (Å²) in [5, 5.41) is 0. The largest absolute Gasteiger partial charge is 0.356 e. The normalized spacial score (nSPS) is 17.8. The lowest BCUT2D eigenvalue weighted by molar-refractivity contribution is 0.310. The van der Waals surface area contributed by atoms with Crippen molar-refractivity contribution in [1.82, 2.24) is 4.98 Å². The standard InChI is InChI=1S/C14H23N3/c1-11(2)12-5-8-17(9-6-12)14-13(10-15)4-3-7-16-14/h3-4,7,11-12H,5-6,8-10,15H2,1-2H3. The van der Waals surface area contributed by atoms with Crippen LogP contribution in [0.1, 0.15) is 32.3 Å². The third-order valence-corrected chi connectivity index (χ3v) is 3.87. The minimum atomic E-state index is 0.577. The van der Waals surface area contributed by atoms with Crippen LogP contribution in [0.3, 0.4) is 0 Å². The van der Waals surface area contributed by atoms with Gasteiger partial charge in [-0.05, 0) is 30.7 Å². The zero-order chi connectivity index (χ0) is 12.3. The molecule has 0 bridgehead atoms. The maximum absolute atomic E-state index is 5.77. The molecule has 2 N–H and O–H groups in total. The molecule has 0 aliphatic carbocycles. The fraction of sp³-hybridized carbons (Fsp3) is 0.643. The predicted octanol–water partition coefficient (Wildman–Crippen LogP) is 2.41. The van der Waals surface area contributed by atoms with Crippen molar-refractivity contribution in [2.24, 2.45) is 17.6 Å². The van der Waals surface area contributed by atoms with Crippen molar-refractivity contribution >= 4 is 5.82 Å². The molecule has 1 saturated heterocycles. The lowest BCUT2D eigenvalue weighted by Crippen LogP contribution is -2.36. The van der Waals surface area contributed by atoms with E-state index in [1.165, 1.54) is 12.8 Å². The topological polar surface area (TPSA) is 42.2 Å². The summed E-state index contributed by atoms with van der Waals surface area (Å²) in [5.74, 6) is 2.77. The Hall–Kier alpha value is -1.09. The summed E-state index contributed by atoms with van der Waals surface area (Å²) in [4.78, 5) is 6.88. The van der Waals surface area contributed by atoms with Crippen molar-refractivity contribution in [3.63, 3.8) is 0 Å². The molecule has 0 radical (unpaired) electrons. The summed E-state index contributed by atoms with van der Waals surface area (Å²) in [5.41, 5.74) is 6.93. The van der Waals surface area contributed by atoms with Gasteiger partial charge < -0.3 is 10.6 Å². The smallest absolute Gasteiger partial charge is 0.132 e. The number of aromatic nitrogens is 1. The van der Waals surface area contributed by atoms with Crippen molar-refractivity contribution in [1.29, 1.82) is 0 Å². The molecule has 1 aromatic heterocycles. The number of piperidine rings is 1. The molecule has 1 aromatic rings. The van der Waals surface area contributed by atoms with Gasteiger partial charge in [0.05, 0.1) is 0 Å². The van der Waals surface area contributed by atoms with E-state index >= 15 is 0 Å². The minimum absolute atomic E-state index is 0.577. The molecule has 0 unspecified atom stereocenters. The fourth-order valence-corrected chi connectivity index (χ4v) is 2.65. The molecule has 3 nitrogen and oxygen atoms in total. The van der Waals surface area contributed by atoms with Crippen LogP contribution in [0.15, 0.2) is 18.3 Å². The molecule has 0 saturated carbocycles. The van der Waals surface area contributed by atoms with E-state index in [1.54, 1.807) is 0 Å². The van der Waals surface area contributed by atoms with E-state index in [9.17, 15) is 0 Å². The molecule has 2 rings (SSSR count). The van der Waals surface area contributed by atoms with Crippen molar-refractivity contribution < 1.29 is 0 Å². The fourth-order valence-electron chi connectivity index (χ4n) is 2.65. The van der Waals surface area contributed by atoms with Gasteiger partial charge in [-0.3, -0.25) is 0 Å². The lowest BCUT2D eigenvalue weighted by Gasteiger charge is -2.35. The molecule has 0 atom stereocenters. The van der Waals surface area contributed by atoms with Gasteiger partial charge in [0, 0.05) is 31.4 Å². The first kappa shape index (κ1) is 12.4. The zero-order valence-corrected chi connectivity index (χ0v) is 10.9. The summed E-state index contributed by atoms with van der Waals surface area (Å²) in [6.07, 6.45) is 4.42. The Kier molecular flexibility index (Phi) is 4.00. The molecule has 1 aliphatic heterocycles. The highest BCUT2D eigenvalue weighted by atomic mass is 15.2. The first-order valence-corrected chi connectivity index (χ1v) is 6.61. The summed E-state index contributed by atoms with van der Waals surface area (Å²) in [6.45, 7) is 7.46. The number of hydrogen-bond acceptors (Lipinski definition) is 3. The van der Waals surface area contributed by atoms with Gasteiger partial charge in [-0.15, -0.1) is 0 Å². The second kappa shape index (κ2) is 5.50. The number of rotatable bonds is 3. The second-order valence-electron chi connectivity index (χ2n) is 5.26. The highest BCUT2D eigenvalue weighted by molar-refractivity contribution is 5.46. The maximum atomic E-state index is 5.77. The monoisotopic (exact) mass is 233 g/mol. The zero-order valence-electron chi connectivity index (χ0n) is 10.9. The van der Waals surface area contributed by atoms with Gasteiger partial charge in [0.15, 0.2) is 0 Å². The third kappa shape index (κ3) is 2.78. The molecular formula is C14H23N3. The SMILES string of the molecule is CC(C)C1CCN(c2ncccc2CN)CC1. The van der Waals surface area contributed by atoms with Crippen molar-refractivity contribution in [2.45, 2.75) is 33.2 Å². The van der Waals surface area contributed by atoms with Crippen molar-refractivity contribution in [3.05, 3.63) is 23.9 Å². The van der Waals surface area contributed by atoms with Gasteiger partial charge in [0.2, 0.25) is 0 Å². The maximum Gasteiger partial charge on any atom is 0.132 e. The third-order valence-electron chi connectivity index (χ3n) is 3.87. The Morgan fingerprint density at radius 3 is 2.71 bits per heavy atom. The Bertz CT molecular complexity index is 354. The van der Waals surface area contributed by atoms with Crippen LogP contribution < -0.4 is 10.6 Å². The number of nitrogens with two attached hydrogens (primary N) is 1. The van der Waals surface area contributed by atoms with Gasteiger partial charge in [-0.2, -0.15) is 0 Å². The first-order valence-electron chi connectivity index (χ1n) is 6.61. The van der Waals surface area contributed by atoms with Crippen LogP contribution >= 0.6 is 0 Å². The van der Waals surface area contributed by atoms with Gasteiger partial charge in [-0.1, -0.05) is 19.9 Å². The minimum Gasteiger partial charge on any atom is -0.356 e. The Labute approximate surface area is 104 Å². The predicted molar refractivity (Wildman–Crippen MR) is 71.9 cm³/mol. The quantitative estimate of drug-likeness (QED) is 0.871. The van der Waals surface area contributed by atoms with Crippen LogP contribution in [-0.2, 0) is 6.54 Å². The summed E-state index contributed by atoms with van der Waals surface area (Å²) in [7, 11) is 0. The molecule has 17 heavy (non-hydrogen) atoms. The van der Waals surface area contributed by atoms with E-state index in [1.807, 2.05) is 12.3 Å². The highest BCUT2D eigenvalue weighted by Gasteiger charge is 2.23. The first-order chi connectivity index (χ1) is 8.22. The van der Waals surface area contributed by atoms with Crippen LogP contribution in [0.2, 0.25) is 0 Å². The van der Waals surface area contributed by atoms with Gasteiger partial charge >= 0.3 is 0 Å². The van der Waals surface area contributed by atoms with Crippen molar-refractivity contribution in [2.75, 3.05) is 18.0 Å². The molecular weight excluding hydrogens is 210 g/mol.